The largest absolute Gasteiger partial charge is 0.465 e. The molecule has 1 aromatic carbocycles. The van der Waals surface area contributed by atoms with Gasteiger partial charge in [0.15, 0.2) is 0 Å². The van der Waals surface area contributed by atoms with Crippen LogP contribution in [0.1, 0.15) is 69.2 Å². The first kappa shape index (κ1) is 21.2. The van der Waals surface area contributed by atoms with Crippen LogP contribution in [0.5, 0.6) is 0 Å². The lowest BCUT2D eigenvalue weighted by Crippen LogP contribution is -2.24. The maximum absolute atomic E-state index is 12.8. The molecule has 2 amide bonds. The van der Waals surface area contributed by atoms with E-state index in [1.807, 2.05) is 13.8 Å². The SMILES string of the molecule is CCCNC(=O)c1cccc(NC(=O)c2[nH]c(C)c(C(=O)OC)c2CCC)c1. The second-order valence-corrected chi connectivity index (χ2v) is 6.51. The number of H-pyrrole nitrogens is 1. The minimum absolute atomic E-state index is 0.187. The molecule has 0 radical (unpaired) electrons. The predicted octanol–water partition coefficient (Wildman–Crippen LogP) is 3.45. The van der Waals surface area contributed by atoms with E-state index in [0.717, 1.165) is 12.8 Å². The fourth-order valence-electron chi connectivity index (χ4n) is 3.02. The van der Waals surface area contributed by atoms with Crippen LogP contribution in [0.4, 0.5) is 5.69 Å². The quantitative estimate of drug-likeness (QED) is 0.606. The van der Waals surface area contributed by atoms with Crippen molar-refractivity contribution in [2.24, 2.45) is 0 Å². The van der Waals surface area contributed by atoms with E-state index in [4.69, 9.17) is 4.74 Å². The van der Waals surface area contributed by atoms with Crippen LogP contribution in [0.2, 0.25) is 0 Å². The third-order valence-corrected chi connectivity index (χ3v) is 4.33. The van der Waals surface area contributed by atoms with E-state index >= 15 is 0 Å². The Bertz CT molecular complexity index is 871. The molecule has 2 rings (SSSR count). The van der Waals surface area contributed by atoms with Crippen LogP contribution < -0.4 is 10.6 Å². The van der Waals surface area contributed by atoms with Gasteiger partial charge in [0.1, 0.15) is 5.69 Å². The summed E-state index contributed by atoms with van der Waals surface area (Å²) in [6.45, 7) is 6.28. The summed E-state index contributed by atoms with van der Waals surface area (Å²) in [6.07, 6.45) is 2.18. The Kier molecular flexibility index (Phi) is 7.37. The van der Waals surface area contributed by atoms with Crippen molar-refractivity contribution in [2.75, 3.05) is 19.0 Å². The summed E-state index contributed by atoms with van der Waals surface area (Å²) in [7, 11) is 1.32. The van der Waals surface area contributed by atoms with Gasteiger partial charge in [-0.15, -0.1) is 0 Å². The molecule has 7 heteroatoms. The highest BCUT2D eigenvalue weighted by Gasteiger charge is 2.24. The Hall–Kier alpha value is -3.09. The van der Waals surface area contributed by atoms with E-state index < -0.39 is 5.97 Å². The molecule has 1 heterocycles. The van der Waals surface area contributed by atoms with Gasteiger partial charge in [-0.1, -0.05) is 26.3 Å². The smallest absolute Gasteiger partial charge is 0.339 e. The molecule has 28 heavy (non-hydrogen) atoms. The van der Waals surface area contributed by atoms with Gasteiger partial charge in [-0.3, -0.25) is 9.59 Å². The zero-order chi connectivity index (χ0) is 20.7. The van der Waals surface area contributed by atoms with Crippen molar-refractivity contribution in [3.8, 4) is 0 Å². The number of esters is 1. The molecule has 0 unspecified atom stereocenters. The Morgan fingerprint density at radius 2 is 1.86 bits per heavy atom. The Balaban J connectivity index is 2.28. The third-order valence-electron chi connectivity index (χ3n) is 4.33. The van der Waals surface area contributed by atoms with E-state index in [2.05, 4.69) is 15.6 Å². The number of rotatable bonds is 8. The molecule has 7 nitrogen and oxygen atoms in total. The summed E-state index contributed by atoms with van der Waals surface area (Å²) in [5, 5.41) is 5.61. The number of carbonyl (C=O) groups excluding carboxylic acids is 3. The summed E-state index contributed by atoms with van der Waals surface area (Å²) in [4.78, 5) is 40.1. The monoisotopic (exact) mass is 385 g/mol. The molecular weight excluding hydrogens is 358 g/mol. The van der Waals surface area contributed by atoms with Crippen molar-refractivity contribution in [3.63, 3.8) is 0 Å². The molecule has 0 aliphatic rings. The molecule has 0 spiro atoms. The molecule has 3 N–H and O–H groups in total. The zero-order valence-corrected chi connectivity index (χ0v) is 16.8. The second kappa shape index (κ2) is 9.73. The first-order valence-corrected chi connectivity index (χ1v) is 9.42. The van der Waals surface area contributed by atoms with Crippen molar-refractivity contribution >= 4 is 23.5 Å². The minimum Gasteiger partial charge on any atom is -0.465 e. The third kappa shape index (κ3) is 4.79. The van der Waals surface area contributed by atoms with Crippen molar-refractivity contribution in [2.45, 2.75) is 40.0 Å². The molecule has 0 aliphatic carbocycles. The van der Waals surface area contributed by atoms with Gasteiger partial charge >= 0.3 is 5.97 Å². The summed E-state index contributed by atoms with van der Waals surface area (Å²) in [6, 6.07) is 6.74. The van der Waals surface area contributed by atoms with Crippen LogP contribution in [-0.4, -0.2) is 36.4 Å². The number of nitrogens with one attached hydrogen (secondary N) is 3. The van der Waals surface area contributed by atoms with E-state index in [1.54, 1.807) is 31.2 Å². The minimum atomic E-state index is -0.467. The molecule has 0 atom stereocenters. The maximum Gasteiger partial charge on any atom is 0.339 e. The molecule has 0 bridgehead atoms. The average Bonchev–Trinajstić information content (AvgIpc) is 3.02. The topological polar surface area (TPSA) is 100 Å². The molecule has 0 saturated heterocycles. The average molecular weight is 385 g/mol. The maximum atomic E-state index is 12.8. The van der Waals surface area contributed by atoms with Crippen LogP contribution in [0.3, 0.4) is 0 Å². The predicted molar refractivity (Wildman–Crippen MR) is 108 cm³/mol. The summed E-state index contributed by atoms with van der Waals surface area (Å²) in [5.74, 6) is -1.02. The number of anilines is 1. The van der Waals surface area contributed by atoms with Crippen molar-refractivity contribution in [1.29, 1.82) is 0 Å². The van der Waals surface area contributed by atoms with Gasteiger partial charge in [0.25, 0.3) is 11.8 Å². The van der Waals surface area contributed by atoms with E-state index in [1.165, 1.54) is 7.11 Å². The van der Waals surface area contributed by atoms with Gasteiger partial charge in [0.05, 0.1) is 12.7 Å². The highest BCUT2D eigenvalue weighted by molar-refractivity contribution is 6.07. The number of methoxy groups -OCH3 is 1. The fourth-order valence-corrected chi connectivity index (χ4v) is 3.02. The van der Waals surface area contributed by atoms with Crippen LogP contribution in [0, 0.1) is 6.92 Å². The number of aromatic amines is 1. The van der Waals surface area contributed by atoms with Gasteiger partial charge in [-0.2, -0.15) is 0 Å². The van der Waals surface area contributed by atoms with Crippen LogP contribution in [0.25, 0.3) is 0 Å². The Morgan fingerprint density at radius 1 is 1.11 bits per heavy atom. The highest BCUT2D eigenvalue weighted by atomic mass is 16.5. The number of aromatic nitrogens is 1. The number of carbonyl (C=O) groups is 3. The molecule has 0 aliphatic heterocycles. The van der Waals surface area contributed by atoms with Gasteiger partial charge < -0.3 is 20.4 Å². The standard InChI is InChI=1S/C21H27N3O4/c1-5-8-16-17(21(27)28-4)13(3)23-18(16)20(26)24-15-10-7-9-14(12-15)19(25)22-11-6-2/h7,9-10,12,23H,5-6,8,11H2,1-4H3,(H,22,25)(H,24,26). The van der Waals surface area contributed by atoms with Gasteiger partial charge in [0.2, 0.25) is 0 Å². The van der Waals surface area contributed by atoms with E-state index in [-0.39, 0.29) is 11.8 Å². The molecule has 0 fully saturated rings. The first-order chi connectivity index (χ1) is 13.4. The number of ether oxygens (including phenoxy) is 1. The van der Waals surface area contributed by atoms with Gasteiger partial charge in [0, 0.05) is 23.5 Å². The summed E-state index contributed by atoms with van der Waals surface area (Å²) < 4.78 is 4.85. The van der Waals surface area contributed by atoms with E-state index in [9.17, 15) is 14.4 Å². The molecule has 2 aromatic rings. The summed E-state index contributed by atoms with van der Waals surface area (Å²) in [5.41, 5.74) is 2.94. The lowest BCUT2D eigenvalue weighted by molar-refractivity contribution is 0.0598. The van der Waals surface area contributed by atoms with Crippen LogP contribution >= 0.6 is 0 Å². The Labute approximate surface area is 164 Å². The number of aryl methyl sites for hydroxylation is 1. The highest BCUT2D eigenvalue weighted by Crippen LogP contribution is 2.23. The zero-order valence-electron chi connectivity index (χ0n) is 16.8. The molecule has 1 aromatic heterocycles. The molecular formula is C21H27N3O4. The lowest BCUT2D eigenvalue weighted by Gasteiger charge is -2.09. The number of benzene rings is 1. The second-order valence-electron chi connectivity index (χ2n) is 6.51. The van der Waals surface area contributed by atoms with Gasteiger partial charge in [-0.25, -0.2) is 4.79 Å². The number of hydrogen-bond acceptors (Lipinski definition) is 4. The number of amides is 2. The van der Waals surface area contributed by atoms with Gasteiger partial charge in [-0.05, 0) is 43.5 Å². The molecule has 0 saturated carbocycles. The molecule has 150 valence electrons. The normalized spacial score (nSPS) is 10.4. The number of hydrogen-bond donors (Lipinski definition) is 3. The van der Waals surface area contributed by atoms with Crippen molar-refractivity contribution < 1.29 is 19.1 Å². The lowest BCUT2D eigenvalue weighted by atomic mass is 10.0. The first-order valence-electron chi connectivity index (χ1n) is 9.42. The Morgan fingerprint density at radius 3 is 2.50 bits per heavy atom. The van der Waals surface area contributed by atoms with Crippen molar-refractivity contribution in [1.82, 2.24) is 10.3 Å². The fraction of sp³-hybridized carbons (Fsp3) is 0.381. The van der Waals surface area contributed by atoms with Crippen molar-refractivity contribution in [3.05, 3.63) is 52.3 Å². The summed E-state index contributed by atoms with van der Waals surface area (Å²) >= 11 is 0. The van der Waals surface area contributed by atoms with Crippen LogP contribution in [-0.2, 0) is 11.2 Å². The van der Waals surface area contributed by atoms with Crippen LogP contribution in [0.15, 0.2) is 24.3 Å². The van der Waals surface area contributed by atoms with E-state index in [0.29, 0.717) is 46.7 Å².